The summed E-state index contributed by atoms with van der Waals surface area (Å²) in [6.07, 6.45) is 0.854. The van der Waals surface area contributed by atoms with Crippen LogP contribution in [0.4, 0.5) is 11.4 Å². The number of nitrogens with zero attached hydrogens (tertiary/aromatic N) is 3. The molecule has 0 saturated heterocycles. The number of rotatable bonds is 7. The van der Waals surface area contributed by atoms with Crippen LogP contribution >= 0.6 is 15.9 Å². The molecular formula is C15H11BrN4O7. The molecule has 0 unspecified atom stereocenters. The molecule has 0 bridgehead atoms. The number of phenolic OH excluding ortho intramolecular Hbond substituents is 1. The summed E-state index contributed by atoms with van der Waals surface area (Å²) in [6.45, 7) is -0.361. The maximum atomic E-state index is 11.7. The van der Waals surface area contributed by atoms with E-state index >= 15 is 0 Å². The van der Waals surface area contributed by atoms with Gasteiger partial charge in [-0.3, -0.25) is 25.0 Å². The van der Waals surface area contributed by atoms with E-state index in [1.807, 2.05) is 0 Å². The zero-order chi connectivity index (χ0) is 20.0. The number of hydrogen-bond acceptors (Lipinski definition) is 8. The Morgan fingerprint density at radius 1 is 1.22 bits per heavy atom. The molecule has 0 radical (unpaired) electrons. The van der Waals surface area contributed by atoms with Gasteiger partial charge in [-0.05, 0) is 24.3 Å². The van der Waals surface area contributed by atoms with Gasteiger partial charge in [-0.1, -0.05) is 15.9 Å². The van der Waals surface area contributed by atoms with Crippen molar-refractivity contribution < 1.29 is 24.5 Å². The van der Waals surface area contributed by atoms with Gasteiger partial charge in [-0.25, -0.2) is 5.43 Å². The number of ether oxygens (including phenoxy) is 1. The number of non-ortho nitro benzene ring substituents is 1. The van der Waals surface area contributed by atoms with Crippen molar-refractivity contribution >= 4 is 39.4 Å². The number of amides is 1. The molecule has 12 heteroatoms. The Morgan fingerprint density at radius 3 is 2.48 bits per heavy atom. The first-order chi connectivity index (χ1) is 12.8. The van der Waals surface area contributed by atoms with Crippen LogP contribution < -0.4 is 10.2 Å². The smallest absolute Gasteiger partial charge is 0.318 e. The Bertz CT molecular complexity index is 915. The van der Waals surface area contributed by atoms with Crippen molar-refractivity contribution in [1.82, 2.24) is 5.43 Å². The number of hydrazone groups is 1. The van der Waals surface area contributed by atoms with Crippen LogP contribution in [-0.2, 0) is 4.79 Å². The predicted octanol–water partition coefficient (Wildman–Crippen LogP) is 2.50. The van der Waals surface area contributed by atoms with Gasteiger partial charge in [-0.15, -0.1) is 0 Å². The second-order valence-corrected chi connectivity index (χ2v) is 5.87. The molecule has 140 valence electrons. The lowest BCUT2D eigenvalue weighted by atomic mass is 10.1. The number of benzene rings is 2. The molecule has 2 rings (SSSR count). The lowest BCUT2D eigenvalue weighted by Gasteiger charge is -2.05. The molecular weight excluding hydrogens is 428 g/mol. The highest BCUT2D eigenvalue weighted by Gasteiger charge is 2.23. The molecule has 0 aliphatic heterocycles. The van der Waals surface area contributed by atoms with Crippen LogP contribution in [0.2, 0.25) is 0 Å². The lowest BCUT2D eigenvalue weighted by molar-refractivity contribution is -0.394. The molecule has 0 heterocycles. The highest BCUT2D eigenvalue weighted by atomic mass is 79.9. The molecule has 0 atom stereocenters. The molecule has 2 aromatic rings. The molecule has 1 amide bonds. The highest BCUT2D eigenvalue weighted by Crippen LogP contribution is 2.33. The van der Waals surface area contributed by atoms with Gasteiger partial charge in [0.05, 0.1) is 27.7 Å². The normalized spacial score (nSPS) is 10.6. The van der Waals surface area contributed by atoms with Crippen molar-refractivity contribution in [3.8, 4) is 11.5 Å². The monoisotopic (exact) mass is 438 g/mol. The minimum absolute atomic E-state index is 0.301. The third-order valence-corrected chi connectivity index (χ3v) is 3.62. The van der Waals surface area contributed by atoms with E-state index in [1.54, 1.807) is 24.3 Å². The summed E-state index contributed by atoms with van der Waals surface area (Å²) in [7, 11) is 0. The topological polar surface area (TPSA) is 157 Å². The number of nitro groups is 2. The number of aromatic hydroxyl groups is 1. The van der Waals surface area contributed by atoms with E-state index in [4.69, 9.17) is 4.74 Å². The van der Waals surface area contributed by atoms with Crippen LogP contribution in [-0.4, -0.2) is 33.7 Å². The summed E-state index contributed by atoms with van der Waals surface area (Å²) >= 11 is 3.26. The molecule has 0 spiro atoms. The van der Waals surface area contributed by atoms with E-state index in [0.717, 1.165) is 16.8 Å². The Hall–Kier alpha value is -3.54. The first-order valence-electron chi connectivity index (χ1n) is 7.14. The molecule has 0 aromatic heterocycles. The molecule has 11 nitrogen and oxygen atoms in total. The fourth-order valence-electron chi connectivity index (χ4n) is 1.85. The van der Waals surface area contributed by atoms with E-state index in [-0.39, 0.29) is 12.2 Å². The van der Waals surface area contributed by atoms with E-state index in [9.17, 15) is 30.1 Å². The zero-order valence-electron chi connectivity index (χ0n) is 13.4. The van der Waals surface area contributed by atoms with E-state index < -0.39 is 32.9 Å². The van der Waals surface area contributed by atoms with Gasteiger partial charge in [0.2, 0.25) is 5.75 Å². The summed E-state index contributed by atoms with van der Waals surface area (Å²) in [5.41, 5.74) is 0.325. The number of nitrogens with one attached hydrogen (secondary N) is 1. The second kappa shape index (κ2) is 8.71. The summed E-state index contributed by atoms with van der Waals surface area (Å²) in [4.78, 5) is 31.5. The summed E-state index contributed by atoms with van der Waals surface area (Å²) in [5, 5.41) is 35.0. The Balaban J connectivity index is 2.04. The van der Waals surface area contributed by atoms with Gasteiger partial charge in [-0.2, -0.15) is 5.10 Å². The number of nitro benzene ring substituents is 2. The minimum atomic E-state index is -0.968. The van der Waals surface area contributed by atoms with Crippen LogP contribution in [0.3, 0.4) is 0 Å². The van der Waals surface area contributed by atoms with Gasteiger partial charge >= 0.3 is 5.69 Å². The molecule has 0 aliphatic rings. The van der Waals surface area contributed by atoms with Crippen molar-refractivity contribution in [3.63, 3.8) is 0 Å². The van der Waals surface area contributed by atoms with E-state index in [0.29, 0.717) is 11.8 Å². The Morgan fingerprint density at radius 2 is 1.89 bits per heavy atom. The van der Waals surface area contributed by atoms with Crippen molar-refractivity contribution in [1.29, 1.82) is 0 Å². The largest absolute Gasteiger partial charge is 0.502 e. The van der Waals surface area contributed by atoms with Gasteiger partial charge in [0.25, 0.3) is 11.6 Å². The average molecular weight is 439 g/mol. The van der Waals surface area contributed by atoms with Crippen LogP contribution in [0.1, 0.15) is 5.56 Å². The minimum Gasteiger partial charge on any atom is -0.502 e. The van der Waals surface area contributed by atoms with E-state index in [1.165, 1.54) is 0 Å². The van der Waals surface area contributed by atoms with E-state index in [2.05, 4.69) is 26.5 Å². The lowest BCUT2D eigenvalue weighted by Crippen LogP contribution is -2.24. The van der Waals surface area contributed by atoms with Gasteiger partial charge in [0.15, 0.2) is 6.61 Å². The summed E-state index contributed by atoms with van der Waals surface area (Å²) < 4.78 is 6.06. The van der Waals surface area contributed by atoms with Crippen molar-refractivity contribution in [3.05, 3.63) is 66.7 Å². The van der Waals surface area contributed by atoms with Crippen molar-refractivity contribution in [2.24, 2.45) is 5.10 Å². The quantitative estimate of drug-likeness (QED) is 0.381. The van der Waals surface area contributed by atoms with Crippen molar-refractivity contribution in [2.75, 3.05) is 6.61 Å². The molecule has 0 aliphatic carbocycles. The van der Waals surface area contributed by atoms with Crippen LogP contribution in [0.15, 0.2) is 46.0 Å². The average Bonchev–Trinajstić information content (AvgIpc) is 2.62. The Labute approximate surface area is 159 Å². The van der Waals surface area contributed by atoms with Gasteiger partial charge in [0.1, 0.15) is 5.75 Å². The maximum Gasteiger partial charge on any atom is 0.318 e. The number of carbonyl (C=O) groups excluding carboxylic acids is 1. The molecule has 2 N–H and O–H groups in total. The third-order valence-electron chi connectivity index (χ3n) is 3.09. The summed E-state index contributed by atoms with van der Waals surface area (Å²) in [6, 6.07) is 8.24. The highest BCUT2D eigenvalue weighted by molar-refractivity contribution is 9.10. The molecule has 0 fully saturated rings. The maximum absolute atomic E-state index is 11.7. The number of carbonyl (C=O) groups is 1. The van der Waals surface area contributed by atoms with Crippen molar-refractivity contribution in [2.45, 2.75) is 0 Å². The zero-order valence-corrected chi connectivity index (χ0v) is 15.0. The first kappa shape index (κ1) is 19.8. The molecule has 27 heavy (non-hydrogen) atoms. The second-order valence-electron chi connectivity index (χ2n) is 4.95. The molecule has 2 aromatic carbocycles. The fourth-order valence-corrected chi connectivity index (χ4v) is 2.12. The first-order valence-corrected chi connectivity index (χ1v) is 7.93. The fraction of sp³-hybridized carbons (Fsp3) is 0.0667. The van der Waals surface area contributed by atoms with Gasteiger partial charge < -0.3 is 9.84 Å². The Kier molecular flexibility index (Phi) is 6.38. The number of halogens is 1. The van der Waals surface area contributed by atoms with Crippen LogP contribution in [0.25, 0.3) is 0 Å². The van der Waals surface area contributed by atoms with Crippen LogP contribution in [0, 0.1) is 20.2 Å². The van der Waals surface area contributed by atoms with Gasteiger partial charge in [0, 0.05) is 10.5 Å². The SMILES string of the molecule is O=C(COc1ccc(Br)cc1)N/N=C/c1cc([N+](=O)[O-])cc([N+](=O)[O-])c1O. The number of hydrogen-bond donors (Lipinski definition) is 2. The predicted molar refractivity (Wildman–Crippen MR) is 96.8 cm³/mol. The molecule has 0 saturated carbocycles. The number of phenols is 1. The summed E-state index contributed by atoms with van der Waals surface area (Å²) in [5.74, 6) is -1.01. The van der Waals surface area contributed by atoms with Crippen LogP contribution in [0.5, 0.6) is 11.5 Å². The standard InChI is InChI=1S/C15H11BrN4O7/c16-10-1-3-12(4-2-10)27-8-14(21)18-17-7-9-5-11(19(23)24)6-13(15(9)22)20(25)26/h1-7,22H,8H2,(H,18,21)/b17-7+. The third kappa shape index (κ3) is 5.47.